The Morgan fingerprint density at radius 2 is 2.11 bits per heavy atom. The summed E-state index contributed by atoms with van der Waals surface area (Å²) in [4.78, 5) is 12.8. The molecule has 0 fully saturated rings. The molecule has 0 saturated heterocycles. The summed E-state index contributed by atoms with van der Waals surface area (Å²) in [6, 6.07) is 10.0. The van der Waals surface area contributed by atoms with E-state index in [2.05, 4.69) is 6.08 Å². The molecule has 1 aromatic rings. The molecular formula is C16H18O2S. The Hall–Kier alpha value is -1.48. The van der Waals surface area contributed by atoms with Crippen molar-refractivity contribution in [1.29, 1.82) is 0 Å². The number of allylic oxidation sites excluding steroid dienone is 3. The first-order valence-electron chi connectivity index (χ1n) is 6.59. The van der Waals surface area contributed by atoms with Gasteiger partial charge in [-0.15, -0.1) is 11.8 Å². The maximum absolute atomic E-state index is 12.1. The third-order valence-electron chi connectivity index (χ3n) is 2.84. The van der Waals surface area contributed by atoms with Crippen molar-refractivity contribution < 1.29 is 9.53 Å². The predicted octanol–water partition coefficient (Wildman–Crippen LogP) is 4.04. The second kappa shape index (κ2) is 7.19. The highest BCUT2D eigenvalue weighted by Gasteiger charge is 2.18. The number of hydrogen-bond acceptors (Lipinski definition) is 3. The van der Waals surface area contributed by atoms with E-state index >= 15 is 0 Å². The van der Waals surface area contributed by atoms with E-state index < -0.39 is 0 Å². The Morgan fingerprint density at radius 1 is 1.32 bits per heavy atom. The minimum atomic E-state index is -0.210. The van der Waals surface area contributed by atoms with Gasteiger partial charge < -0.3 is 4.74 Å². The van der Waals surface area contributed by atoms with E-state index in [9.17, 15) is 4.79 Å². The zero-order chi connectivity index (χ0) is 13.5. The Morgan fingerprint density at radius 3 is 2.84 bits per heavy atom. The maximum atomic E-state index is 12.1. The fourth-order valence-electron chi connectivity index (χ4n) is 1.94. The number of ether oxygens (including phenoxy) is 1. The topological polar surface area (TPSA) is 26.3 Å². The molecule has 1 aliphatic rings. The quantitative estimate of drug-likeness (QED) is 0.778. The first kappa shape index (κ1) is 13.9. The average Bonchev–Trinajstić information content (AvgIpc) is 2.40. The first-order valence-corrected chi connectivity index (χ1v) is 7.57. The summed E-state index contributed by atoms with van der Waals surface area (Å²) in [6.07, 6.45) is 6.33. The van der Waals surface area contributed by atoms with Crippen molar-refractivity contribution in [2.75, 3.05) is 12.4 Å². The van der Waals surface area contributed by atoms with Gasteiger partial charge in [-0.2, -0.15) is 0 Å². The van der Waals surface area contributed by atoms with E-state index in [0.717, 1.165) is 34.6 Å². The first-order chi connectivity index (χ1) is 9.33. The molecular weight excluding hydrogens is 256 g/mol. The van der Waals surface area contributed by atoms with Gasteiger partial charge in [0.25, 0.3) is 0 Å². The van der Waals surface area contributed by atoms with Crippen LogP contribution in [-0.4, -0.2) is 18.3 Å². The molecule has 100 valence electrons. The van der Waals surface area contributed by atoms with Crippen molar-refractivity contribution in [2.45, 2.75) is 19.8 Å². The van der Waals surface area contributed by atoms with Crippen LogP contribution in [0, 0.1) is 0 Å². The number of hydrogen-bond donors (Lipinski definition) is 0. The lowest BCUT2D eigenvalue weighted by Gasteiger charge is -2.14. The summed E-state index contributed by atoms with van der Waals surface area (Å²) in [5.74, 6) is 0.743. The van der Waals surface area contributed by atoms with Crippen molar-refractivity contribution >= 4 is 23.3 Å². The number of benzene rings is 1. The minimum absolute atomic E-state index is 0.210. The summed E-state index contributed by atoms with van der Waals surface area (Å²) >= 11 is 1.60. The minimum Gasteiger partial charge on any atom is -0.462 e. The van der Waals surface area contributed by atoms with Crippen molar-refractivity contribution in [1.82, 2.24) is 0 Å². The van der Waals surface area contributed by atoms with Gasteiger partial charge in [0.15, 0.2) is 0 Å². The van der Waals surface area contributed by atoms with Crippen LogP contribution in [0.2, 0.25) is 0 Å². The summed E-state index contributed by atoms with van der Waals surface area (Å²) in [6.45, 7) is 2.25. The fraction of sp³-hybridized carbons (Fsp3) is 0.312. The highest BCUT2D eigenvalue weighted by atomic mass is 32.2. The molecule has 0 amide bonds. The monoisotopic (exact) mass is 274 g/mol. The van der Waals surface area contributed by atoms with Gasteiger partial charge in [-0.25, -0.2) is 4.79 Å². The smallest absolute Gasteiger partial charge is 0.345 e. The van der Waals surface area contributed by atoms with Crippen LogP contribution >= 0.6 is 11.8 Å². The number of esters is 1. The lowest BCUT2D eigenvalue weighted by molar-refractivity contribution is -0.137. The second-order valence-corrected chi connectivity index (χ2v) is 5.33. The molecule has 0 spiro atoms. The molecule has 2 rings (SSSR count). The van der Waals surface area contributed by atoms with Crippen molar-refractivity contribution in [3.8, 4) is 0 Å². The molecule has 1 aromatic carbocycles. The summed E-state index contributed by atoms with van der Waals surface area (Å²) < 4.78 is 5.18. The van der Waals surface area contributed by atoms with Gasteiger partial charge in [-0.3, -0.25) is 0 Å². The maximum Gasteiger partial charge on any atom is 0.345 e. The van der Waals surface area contributed by atoms with Gasteiger partial charge in [0.1, 0.15) is 4.91 Å². The SMILES string of the molecule is CCOC(=O)/C1=C(c2ccccc2)/C=C\CCCS1. The van der Waals surface area contributed by atoms with E-state index in [4.69, 9.17) is 4.74 Å². The zero-order valence-electron chi connectivity index (χ0n) is 11.1. The Kier molecular flexibility index (Phi) is 5.28. The predicted molar refractivity (Wildman–Crippen MR) is 80.8 cm³/mol. The summed E-state index contributed by atoms with van der Waals surface area (Å²) in [5.41, 5.74) is 2.04. The lowest BCUT2D eigenvalue weighted by atomic mass is 10.0. The molecule has 3 heteroatoms. The molecule has 0 aromatic heterocycles. The number of rotatable bonds is 3. The van der Waals surface area contributed by atoms with Crippen LogP contribution in [0.15, 0.2) is 47.4 Å². The second-order valence-electron chi connectivity index (χ2n) is 4.22. The molecule has 1 heterocycles. The van der Waals surface area contributed by atoms with Crippen LogP contribution in [0.3, 0.4) is 0 Å². The van der Waals surface area contributed by atoms with Gasteiger partial charge in [0, 0.05) is 5.57 Å². The Balaban J connectivity index is 2.44. The van der Waals surface area contributed by atoms with Crippen LogP contribution in [0.4, 0.5) is 0 Å². The number of carbonyl (C=O) groups excluding carboxylic acids is 1. The van der Waals surface area contributed by atoms with E-state index in [-0.39, 0.29) is 5.97 Å². The molecule has 0 atom stereocenters. The van der Waals surface area contributed by atoms with Crippen molar-refractivity contribution in [3.05, 3.63) is 53.0 Å². The highest BCUT2D eigenvalue weighted by Crippen LogP contribution is 2.31. The molecule has 19 heavy (non-hydrogen) atoms. The number of thioether (sulfide) groups is 1. The molecule has 0 N–H and O–H groups in total. The third kappa shape index (κ3) is 3.74. The van der Waals surface area contributed by atoms with Crippen LogP contribution in [0.5, 0.6) is 0 Å². The van der Waals surface area contributed by atoms with E-state index in [1.807, 2.05) is 43.3 Å². The molecule has 0 saturated carbocycles. The lowest BCUT2D eigenvalue weighted by Crippen LogP contribution is -2.08. The standard InChI is InChI=1S/C16H18O2S/c1-2-18-16(17)15-14(11-7-4-8-12-19-15)13-9-5-3-6-10-13/h3,5-7,9-11H,2,4,8,12H2,1H3/b11-7-,15-14+. The Labute approximate surface area is 118 Å². The molecule has 0 unspecified atom stereocenters. The molecule has 0 bridgehead atoms. The van der Waals surface area contributed by atoms with Gasteiger partial charge in [-0.05, 0) is 31.1 Å². The van der Waals surface area contributed by atoms with Crippen LogP contribution < -0.4 is 0 Å². The molecule has 0 aliphatic carbocycles. The third-order valence-corrected chi connectivity index (χ3v) is 4.00. The largest absolute Gasteiger partial charge is 0.462 e. The van der Waals surface area contributed by atoms with Crippen molar-refractivity contribution in [3.63, 3.8) is 0 Å². The van der Waals surface area contributed by atoms with Gasteiger partial charge in [0.2, 0.25) is 0 Å². The van der Waals surface area contributed by atoms with Gasteiger partial charge >= 0.3 is 5.97 Å². The Bertz CT molecular complexity index is 489. The summed E-state index contributed by atoms with van der Waals surface area (Å²) in [5, 5.41) is 0. The van der Waals surface area contributed by atoms with Gasteiger partial charge in [-0.1, -0.05) is 42.5 Å². The molecule has 0 radical (unpaired) electrons. The molecule has 2 nitrogen and oxygen atoms in total. The van der Waals surface area contributed by atoms with Gasteiger partial charge in [0.05, 0.1) is 6.61 Å². The van der Waals surface area contributed by atoms with E-state index in [1.165, 1.54) is 0 Å². The van der Waals surface area contributed by atoms with Crippen LogP contribution in [0.1, 0.15) is 25.3 Å². The van der Waals surface area contributed by atoms with Crippen molar-refractivity contribution in [2.24, 2.45) is 0 Å². The zero-order valence-corrected chi connectivity index (χ0v) is 11.9. The number of carbonyl (C=O) groups is 1. The normalized spacial score (nSPS) is 21.3. The average molecular weight is 274 g/mol. The molecule has 1 aliphatic heterocycles. The van der Waals surface area contributed by atoms with Crippen LogP contribution in [0.25, 0.3) is 5.57 Å². The van der Waals surface area contributed by atoms with E-state index in [0.29, 0.717) is 6.61 Å². The highest BCUT2D eigenvalue weighted by molar-refractivity contribution is 8.04. The fourth-order valence-corrected chi connectivity index (χ4v) is 2.97. The van der Waals surface area contributed by atoms with E-state index in [1.54, 1.807) is 11.8 Å². The van der Waals surface area contributed by atoms with Crippen LogP contribution in [-0.2, 0) is 9.53 Å². The summed E-state index contributed by atoms with van der Waals surface area (Å²) in [7, 11) is 0.